The van der Waals surface area contributed by atoms with Gasteiger partial charge in [-0.25, -0.2) is 0 Å². The van der Waals surface area contributed by atoms with Gasteiger partial charge < -0.3 is 19.1 Å². The minimum absolute atomic E-state index is 0.0174. The van der Waals surface area contributed by atoms with E-state index in [2.05, 4.69) is 0 Å². The predicted octanol–water partition coefficient (Wildman–Crippen LogP) is 2.80. The molecule has 0 N–H and O–H groups in total. The van der Waals surface area contributed by atoms with Gasteiger partial charge in [0.2, 0.25) is 0 Å². The van der Waals surface area contributed by atoms with Crippen molar-refractivity contribution in [1.29, 1.82) is 0 Å². The first kappa shape index (κ1) is 16.3. The maximum absolute atomic E-state index is 12.5. The summed E-state index contributed by atoms with van der Waals surface area (Å²) in [4.78, 5) is 14.3. The molecule has 0 unspecified atom stereocenters. The molecule has 1 aliphatic rings. The van der Waals surface area contributed by atoms with E-state index in [9.17, 15) is 4.79 Å². The van der Waals surface area contributed by atoms with Crippen molar-refractivity contribution < 1.29 is 19.0 Å². The van der Waals surface area contributed by atoms with E-state index in [4.69, 9.17) is 14.2 Å². The van der Waals surface area contributed by atoms with E-state index in [-0.39, 0.29) is 11.9 Å². The number of β-lactam (4-membered cyclic amide) rings is 1. The fraction of sp³-hybridized carbons (Fsp3) is 0.316. The summed E-state index contributed by atoms with van der Waals surface area (Å²) in [6.45, 7) is 0.532. The molecule has 1 saturated heterocycles. The third-order valence-electron chi connectivity index (χ3n) is 4.35. The van der Waals surface area contributed by atoms with E-state index >= 15 is 0 Å². The van der Waals surface area contributed by atoms with Gasteiger partial charge in [-0.1, -0.05) is 30.3 Å². The summed E-state index contributed by atoms with van der Waals surface area (Å²) in [6.07, 6.45) is -0.505. The molecule has 0 aliphatic carbocycles. The molecule has 24 heavy (non-hydrogen) atoms. The lowest BCUT2D eigenvalue weighted by Gasteiger charge is -2.46. The van der Waals surface area contributed by atoms with Gasteiger partial charge in [-0.05, 0) is 23.8 Å². The number of carbonyl (C=O) groups excluding carboxylic acids is 1. The second-order valence-corrected chi connectivity index (χ2v) is 5.66. The van der Waals surface area contributed by atoms with Crippen molar-refractivity contribution in [3.63, 3.8) is 0 Å². The van der Waals surface area contributed by atoms with Crippen LogP contribution in [0, 0.1) is 0 Å². The van der Waals surface area contributed by atoms with Crippen molar-refractivity contribution in [3.05, 3.63) is 59.7 Å². The smallest absolute Gasteiger partial charge is 0.255 e. The zero-order valence-electron chi connectivity index (χ0n) is 14.1. The number of rotatable bonds is 6. The number of hydrogen-bond acceptors (Lipinski definition) is 4. The third-order valence-corrected chi connectivity index (χ3v) is 4.35. The first-order valence-corrected chi connectivity index (χ1v) is 7.78. The number of benzene rings is 2. The van der Waals surface area contributed by atoms with Crippen molar-refractivity contribution in [2.75, 3.05) is 21.3 Å². The summed E-state index contributed by atoms with van der Waals surface area (Å²) in [5, 5.41) is 0. The van der Waals surface area contributed by atoms with Crippen LogP contribution >= 0.6 is 0 Å². The van der Waals surface area contributed by atoms with Gasteiger partial charge in [0.05, 0.1) is 20.3 Å². The van der Waals surface area contributed by atoms with Crippen LogP contribution < -0.4 is 9.47 Å². The van der Waals surface area contributed by atoms with Crippen LogP contribution in [0.25, 0.3) is 0 Å². The lowest BCUT2D eigenvalue weighted by atomic mass is 9.89. The molecule has 0 saturated carbocycles. The van der Waals surface area contributed by atoms with Gasteiger partial charge in [-0.15, -0.1) is 0 Å². The first-order chi connectivity index (χ1) is 11.7. The first-order valence-electron chi connectivity index (χ1n) is 7.78. The van der Waals surface area contributed by atoms with E-state index in [0.717, 1.165) is 16.9 Å². The van der Waals surface area contributed by atoms with Crippen molar-refractivity contribution in [1.82, 2.24) is 4.90 Å². The van der Waals surface area contributed by atoms with Crippen LogP contribution in [0.15, 0.2) is 48.5 Å². The molecule has 1 amide bonds. The molecule has 1 aliphatic heterocycles. The molecule has 126 valence electrons. The summed E-state index contributed by atoms with van der Waals surface area (Å²) in [7, 11) is 4.80. The Hall–Kier alpha value is -2.53. The predicted molar refractivity (Wildman–Crippen MR) is 90.1 cm³/mol. The SMILES string of the molecule is COc1ccc(OC)c([C@@H]2[C@H](OC)C(=O)N2Cc2ccccc2)c1. The number of likely N-dealkylation sites (tertiary alicyclic amines) is 1. The van der Waals surface area contributed by atoms with E-state index in [1.807, 2.05) is 48.5 Å². The molecule has 0 aromatic heterocycles. The van der Waals surface area contributed by atoms with Gasteiger partial charge in [0.15, 0.2) is 6.10 Å². The van der Waals surface area contributed by atoms with Gasteiger partial charge in [-0.3, -0.25) is 4.79 Å². The maximum atomic E-state index is 12.5. The summed E-state index contributed by atoms with van der Waals surface area (Å²) in [5.41, 5.74) is 1.96. The Balaban J connectivity index is 1.95. The Morgan fingerprint density at radius 1 is 1.00 bits per heavy atom. The van der Waals surface area contributed by atoms with Crippen molar-refractivity contribution in [2.45, 2.75) is 18.7 Å². The van der Waals surface area contributed by atoms with Crippen molar-refractivity contribution >= 4 is 5.91 Å². The lowest BCUT2D eigenvalue weighted by Crippen LogP contribution is -2.58. The van der Waals surface area contributed by atoms with E-state index < -0.39 is 6.10 Å². The lowest BCUT2D eigenvalue weighted by molar-refractivity contribution is -0.172. The quantitative estimate of drug-likeness (QED) is 0.766. The van der Waals surface area contributed by atoms with E-state index in [0.29, 0.717) is 12.3 Å². The Morgan fingerprint density at radius 3 is 2.38 bits per heavy atom. The fourth-order valence-corrected chi connectivity index (χ4v) is 3.10. The molecule has 3 rings (SSSR count). The molecule has 0 radical (unpaired) electrons. The highest BCUT2D eigenvalue weighted by molar-refractivity contribution is 5.89. The summed E-state index contributed by atoms with van der Waals surface area (Å²) in [5.74, 6) is 1.42. The Kier molecular flexibility index (Phi) is 4.71. The number of ether oxygens (including phenoxy) is 3. The van der Waals surface area contributed by atoms with Crippen LogP contribution in [-0.4, -0.2) is 38.2 Å². The third kappa shape index (κ3) is 2.83. The number of methoxy groups -OCH3 is 3. The Labute approximate surface area is 141 Å². The fourth-order valence-electron chi connectivity index (χ4n) is 3.10. The maximum Gasteiger partial charge on any atom is 0.255 e. The van der Waals surface area contributed by atoms with Gasteiger partial charge >= 0.3 is 0 Å². The minimum atomic E-state index is -0.505. The number of carbonyl (C=O) groups is 1. The highest BCUT2D eigenvalue weighted by Crippen LogP contribution is 2.43. The Bertz CT molecular complexity index is 717. The van der Waals surface area contributed by atoms with Crippen LogP contribution in [0.5, 0.6) is 11.5 Å². The van der Waals surface area contributed by atoms with Crippen LogP contribution in [0.4, 0.5) is 0 Å². The standard InChI is InChI=1S/C19H21NO4/c1-22-14-9-10-16(23-2)15(11-14)17-18(24-3)19(21)20(17)12-13-7-5-4-6-8-13/h4-11,17-18H,12H2,1-3H3/t17-,18+/m1/s1. The monoisotopic (exact) mass is 327 g/mol. The summed E-state index contributed by atoms with van der Waals surface area (Å²) >= 11 is 0. The molecule has 1 fully saturated rings. The van der Waals surface area contributed by atoms with Crippen LogP contribution in [-0.2, 0) is 16.1 Å². The second kappa shape index (κ2) is 6.93. The number of hydrogen-bond donors (Lipinski definition) is 0. The highest BCUT2D eigenvalue weighted by Gasteiger charge is 2.49. The normalized spacial score (nSPS) is 19.8. The highest BCUT2D eigenvalue weighted by atomic mass is 16.5. The second-order valence-electron chi connectivity index (χ2n) is 5.66. The largest absolute Gasteiger partial charge is 0.497 e. The molecule has 0 bridgehead atoms. The zero-order chi connectivity index (χ0) is 17.1. The average molecular weight is 327 g/mol. The molecule has 5 nitrogen and oxygen atoms in total. The minimum Gasteiger partial charge on any atom is -0.497 e. The Morgan fingerprint density at radius 2 is 1.75 bits per heavy atom. The summed E-state index contributed by atoms with van der Waals surface area (Å²) in [6, 6.07) is 15.3. The molecule has 5 heteroatoms. The molecule has 1 heterocycles. The number of amides is 1. The molecule has 2 aromatic rings. The van der Waals surface area contributed by atoms with Gasteiger partial charge in [-0.2, -0.15) is 0 Å². The van der Waals surface area contributed by atoms with Crippen molar-refractivity contribution in [2.24, 2.45) is 0 Å². The molecule has 0 spiro atoms. The van der Waals surface area contributed by atoms with Crippen LogP contribution in [0.1, 0.15) is 17.2 Å². The summed E-state index contributed by atoms with van der Waals surface area (Å²) < 4.78 is 16.2. The van der Waals surface area contributed by atoms with Gasteiger partial charge in [0, 0.05) is 19.2 Å². The van der Waals surface area contributed by atoms with Crippen LogP contribution in [0.2, 0.25) is 0 Å². The molecular weight excluding hydrogens is 306 g/mol. The van der Waals surface area contributed by atoms with Crippen LogP contribution in [0.3, 0.4) is 0 Å². The van der Waals surface area contributed by atoms with E-state index in [1.165, 1.54) is 0 Å². The molecular formula is C19H21NO4. The molecule has 2 aromatic carbocycles. The number of nitrogens with zero attached hydrogens (tertiary/aromatic N) is 1. The topological polar surface area (TPSA) is 48.0 Å². The zero-order valence-corrected chi connectivity index (χ0v) is 14.1. The molecule has 2 atom stereocenters. The van der Waals surface area contributed by atoms with Gasteiger partial charge in [0.25, 0.3) is 5.91 Å². The van der Waals surface area contributed by atoms with Crippen molar-refractivity contribution in [3.8, 4) is 11.5 Å². The average Bonchev–Trinajstić information content (AvgIpc) is 2.64. The van der Waals surface area contributed by atoms with E-state index in [1.54, 1.807) is 26.2 Å². The van der Waals surface area contributed by atoms with Gasteiger partial charge in [0.1, 0.15) is 11.5 Å².